The lowest BCUT2D eigenvalue weighted by Crippen LogP contribution is -2.22. The van der Waals surface area contributed by atoms with Crippen LogP contribution < -0.4 is 10.6 Å². The highest BCUT2D eigenvalue weighted by Crippen LogP contribution is 2.36. The Morgan fingerprint density at radius 1 is 1.09 bits per heavy atom. The number of alkyl halides is 1. The molecule has 0 spiro atoms. The van der Waals surface area contributed by atoms with Gasteiger partial charge in [-0.1, -0.05) is 52.3 Å². The third kappa shape index (κ3) is 2.04. The van der Waals surface area contributed by atoms with Crippen molar-refractivity contribution in [2.75, 3.05) is 5.33 Å². The summed E-state index contributed by atoms with van der Waals surface area (Å²) in [5.74, 6) is -0.191. The van der Waals surface area contributed by atoms with Gasteiger partial charge in [0.15, 0.2) is 5.88 Å². The van der Waals surface area contributed by atoms with Gasteiger partial charge in [0.05, 0.1) is 22.0 Å². The fourth-order valence-electron chi connectivity index (χ4n) is 3.15. The molecule has 1 amide bonds. The number of rotatable bonds is 3. The number of aromatic nitrogens is 1. The van der Waals surface area contributed by atoms with E-state index in [0.29, 0.717) is 28.4 Å². The van der Waals surface area contributed by atoms with E-state index in [1.165, 1.54) is 0 Å². The number of aryl methyl sites for hydroxylation is 1. The van der Waals surface area contributed by atoms with Crippen LogP contribution in [-0.4, -0.2) is 20.9 Å². The van der Waals surface area contributed by atoms with Crippen molar-refractivity contribution in [3.63, 3.8) is 0 Å². The second-order valence-electron chi connectivity index (χ2n) is 5.37. The molecule has 23 heavy (non-hydrogen) atoms. The first-order valence-corrected chi connectivity index (χ1v) is 8.43. The van der Waals surface area contributed by atoms with E-state index in [9.17, 15) is 9.90 Å². The van der Waals surface area contributed by atoms with Gasteiger partial charge in [-0.15, -0.1) is 0 Å². The number of nitrogens with zero attached hydrogens (tertiary/aromatic N) is 2. The fraction of sp³-hybridized carbons (Fsp3) is 0.111. The molecule has 0 unspecified atom stereocenters. The molecule has 0 saturated heterocycles. The van der Waals surface area contributed by atoms with Gasteiger partial charge < -0.3 is 9.67 Å². The molecule has 1 aliphatic heterocycles. The Kier molecular flexibility index (Phi) is 3.31. The summed E-state index contributed by atoms with van der Waals surface area (Å²) in [6.07, 6.45) is 0. The van der Waals surface area contributed by atoms with E-state index in [4.69, 9.17) is 0 Å². The van der Waals surface area contributed by atoms with Crippen LogP contribution in [0, 0.1) is 0 Å². The number of hydrogen-bond acceptors (Lipinski definition) is 2. The number of halogens is 1. The molecule has 3 aromatic rings. The van der Waals surface area contributed by atoms with Gasteiger partial charge in [-0.25, -0.2) is 4.99 Å². The monoisotopic (exact) mass is 368 g/mol. The van der Waals surface area contributed by atoms with Crippen LogP contribution in [0.15, 0.2) is 53.5 Å². The van der Waals surface area contributed by atoms with Crippen LogP contribution in [0.1, 0.15) is 5.56 Å². The van der Waals surface area contributed by atoms with Crippen molar-refractivity contribution in [2.45, 2.75) is 6.54 Å². The molecule has 1 aliphatic rings. The van der Waals surface area contributed by atoms with E-state index in [1.807, 2.05) is 53.1 Å². The zero-order valence-electron chi connectivity index (χ0n) is 12.2. The average Bonchev–Trinajstić information content (AvgIpc) is 3.02. The van der Waals surface area contributed by atoms with E-state index >= 15 is 0 Å². The van der Waals surface area contributed by atoms with E-state index < -0.39 is 0 Å². The van der Waals surface area contributed by atoms with Crippen molar-refractivity contribution in [2.24, 2.45) is 4.99 Å². The number of aromatic hydroxyl groups is 1. The molecule has 2 aromatic carbocycles. The standard InChI is InChI=1S/C18H13BrN2O2/c19-9-10-21-14-8-4-2-6-12(14)16(18(21)23)15-11-5-1-3-7-13(11)20-17(15)22/h1-8,23H,9-10H2. The smallest absolute Gasteiger partial charge is 0.279 e. The number of amides is 1. The summed E-state index contributed by atoms with van der Waals surface area (Å²) >= 11 is 3.41. The zero-order valence-corrected chi connectivity index (χ0v) is 13.7. The van der Waals surface area contributed by atoms with Gasteiger partial charge in [-0.3, -0.25) is 4.79 Å². The first-order valence-electron chi connectivity index (χ1n) is 7.31. The second kappa shape index (κ2) is 5.35. The lowest BCUT2D eigenvalue weighted by Gasteiger charge is -2.04. The first-order chi connectivity index (χ1) is 11.2. The topological polar surface area (TPSA) is 54.6 Å². The van der Waals surface area contributed by atoms with Gasteiger partial charge in [0.2, 0.25) is 0 Å². The molecule has 0 aliphatic carbocycles. The summed E-state index contributed by atoms with van der Waals surface area (Å²) in [6, 6.07) is 15.1. The number of carbonyl (C=O) groups excluding carboxylic acids is 1. The van der Waals surface area contributed by atoms with Gasteiger partial charge in [-0.2, -0.15) is 0 Å². The highest BCUT2D eigenvalue weighted by Gasteiger charge is 2.26. The largest absolute Gasteiger partial charge is 0.494 e. The molecule has 1 aromatic heterocycles. The predicted molar refractivity (Wildman–Crippen MR) is 92.1 cm³/mol. The molecule has 2 heterocycles. The lowest BCUT2D eigenvalue weighted by molar-refractivity contribution is -0.112. The molecular weight excluding hydrogens is 356 g/mol. The summed E-state index contributed by atoms with van der Waals surface area (Å²) in [7, 11) is 0. The summed E-state index contributed by atoms with van der Waals surface area (Å²) in [6.45, 7) is 0.618. The van der Waals surface area contributed by atoms with E-state index in [1.54, 1.807) is 0 Å². The van der Waals surface area contributed by atoms with Gasteiger partial charge >= 0.3 is 0 Å². The normalized spacial score (nSPS) is 13.4. The number of benzene rings is 2. The van der Waals surface area contributed by atoms with Crippen molar-refractivity contribution in [3.8, 4) is 5.88 Å². The van der Waals surface area contributed by atoms with Crippen LogP contribution in [0.3, 0.4) is 0 Å². The average molecular weight is 369 g/mol. The summed E-state index contributed by atoms with van der Waals surface area (Å²) in [5.41, 5.74) is 1.95. The Bertz CT molecular complexity index is 1070. The van der Waals surface area contributed by atoms with E-state index in [-0.39, 0.29) is 11.8 Å². The maximum absolute atomic E-state index is 12.5. The molecule has 0 atom stereocenters. The maximum atomic E-state index is 12.5. The van der Waals surface area contributed by atoms with Crippen LogP contribution in [-0.2, 0) is 11.3 Å². The van der Waals surface area contributed by atoms with Crippen LogP contribution >= 0.6 is 15.9 Å². The number of carbonyl (C=O) groups is 1. The zero-order chi connectivity index (χ0) is 16.0. The number of para-hydroxylation sites is 2. The van der Waals surface area contributed by atoms with Crippen LogP contribution in [0.4, 0.5) is 0 Å². The highest BCUT2D eigenvalue weighted by molar-refractivity contribution is 9.09. The van der Waals surface area contributed by atoms with Gasteiger partial charge in [0.25, 0.3) is 5.91 Å². The Balaban J connectivity index is 2.15. The quantitative estimate of drug-likeness (QED) is 0.719. The van der Waals surface area contributed by atoms with Gasteiger partial charge in [-0.05, 0) is 12.1 Å². The molecule has 4 nitrogen and oxygen atoms in total. The van der Waals surface area contributed by atoms with Gasteiger partial charge in [0.1, 0.15) is 0 Å². The van der Waals surface area contributed by atoms with Crippen LogP contribution in [0.25, 0.3) is 16.5 Å². The second-order valence-corrected chi connectivity index (χ2v) is 6.16. The third-order valence-corrected chi connectivity index (χ3v) is 4.47. The fourth-order valence-corrected chi connectivity index (χ4v) is 3.51. The summed E-state index contributed by atoms with van der Waals surface area (Å²) in [5, 5.41) is 13.8. The Morgan fingerprint density at radius 2 is 1.83 bits per heavy atom. The van der Waals surface area contributed by atoms with E-state index in [2.05, 4.69) is 20.9 Å². The minimum absolute atomic E-state index is 0.112. The summed E-state index contributed by atoms with van der Waals surface area (Å²) < 4.78 is 1.82. The van der Waals surface area contributed by atoms with E-state index in [0.717, 1.165) is 16.1 Å². The Hall–Kier alpha value is -2.40. The number of fused-ring (bicyclic) bond motifs is 2. The van der Waals surface area contributed by atoms with Crippen molar-refractivity contribution >= 4 is 38.3 Å². The van der Waals surface area contributed by atoms with Crippen LogP contribution in [0.5, 0.6) is 5.88 Å². The molecule has 1 N–H and O–H groups in total. The van der Waals surface area contributed by atoms with Crippen molar-refractivity contribution in [1.82, 2.24) is 4.57 Å². The molecular formula is C18H13BrN2O2. The van der Waals surface area contributed by atoms with Crippen molar-refractivity contribution < 1.29 is 9.90 Å². The molecule has 0 bridgehead atoms. The summed E-state index contributed by atoms with van der Waals surface area (Å²) in [4.78, 5) is 16.6. The predicted octanol–water partition coefficient (Wildman–Crippen LogP) is 2.10. The molecule has 5 heteroatoms. The first kappa shape index (κ1) is 14.2. The molecule has 0 radical (unpaired) electrons. The van der Waals surface area contributed by atoms with Gasteiger partial charge in [0, 0.05) is 22.5 Å². The highest BCUT2D eigenvalue weighted by atomic mass is 79.9. The Morgan fingerprint density at radius 3 is 2.65 bits per heavy atom. The molecule has 0 saturated carbocycles. The van der Waals surface area contributed by atoms with Crippen LogP contribution in [0.2, 0.25) is 0 Å². The minimum Gasteiger partial charge on any atom is -0.494 e. The maximum Gasteiger partial charge on any atom is 0.279 e. The molecule has 0 fully saturated rings. The molecule has 4 rings (SSSR count). The number of hydrogen-bond donors (Lipinski definition) is 1. The minimum atomic E-state index is -0.303. The SMILES string of the molecule is O=C1N=c2ccccc2=C1c1c(O)n(CCBr)c2ccccc12. The van der Waals surface area contributed by atoms with Crippen molar-refractivity contribution in [3.05, 3.63) is 64.7 Å². The lowest BCUT2D eigenvalue weighted by atomic mass is 10.0. The third-order valence-electron chi connectivity index (χ3n) is 4.11. The Labute approximate surface area is 140 Å². The van der Waals surface area contributed by atoms with Crippen molar-refractivity contribution in [1.29, 1.82) is 0 Å². The molecule has 114 valence electrons.